The molecule has 1 saturated heterocycles. The summed E-state index contributed by atoms with van der Waals surface area (Å²) < 4.78 is 17.2. The Balaban J connectivity index is 1.70. The fourth-order valence-electron chi connectivity index (χ4n) is 2.74. The maximum atomic E-state index is 10.1. The van der Waals surface area contributed by atoms with Gasteiger partial charge >= 0.3 is 0 Å². The van der Waals surface area contributed by atoms with Crippen LogP contribution in [0.5, 0.6) is 5.75 Å². The third-order valence-electron chi connectivity index (χ3n) is 3.97. The molecule has 1 aromatic carbocycles. The predicted molar refractivity (Wildman–Crippen MR) is 94.5 cm³/mol. The van der Waals surface area contributed by atoms with Crippen LogP contribution in [-0.2, 0) is 9.47 Å². The van der Waals surface area contributed by atoms with Gasteiger partial charge in [-0.05, 0) is 24.5 Å². The van der Waals surface area contributed by atoms with Gasteiger partial charge in [-0.25, -0.2) is 0 Å². The number of benzene rings is 1. The van der Waals surface area contributed by atoms with Crippen LogP contribution < -0.4 is 4.74 Å². The Morgan fingerprint density at radius 1 is 1.29 bits per heavy atom. The minimum Gasteiger partial charge on any atom is -0.491 e. The summed E-state index contributed by atoms with van der Waals surface area (Å²) in [5.41, 5.74) is 1.13. The van der Waals surface area contributed by atoms with Crippen molar-refractivity contribution in [2.24, 2.45) is 5.92 Å². The lowest BCUT2D eigenvalue weighted by Gasteiger charge is -2.34. The molecule has 1 aliphatic rings. The summed E-state index contributed by atoms with van der Waals surface area (Å²) in [7, 11) is 0. The van der Waals surface area contributed by atoms with E-state index in [9.17, 15) is 5.11 Å². The summed E-state index contributed by atoms with van der Waals surface area (Å²) in [4.78, 5) is 2.22. The highest BCUT2D eigenvalue weighted by molar-refractivity contribution is 5.31. The molecular formula is C19H31NO4. The third-order valence-corrected chi connectivity index (χ3v) is 3.97. The molecule has 5 nitrogen and oxygen atoms in total. The van der Waals surface area contributed by atoms with Crippen LogP contribution in [0.1, 0.15) is 19.4 Å². The number of morpholine rings is 1. The molecule has 0 bridgehead atoms. The number of rotatable bonds is 9. The highest BCUT2D eigenvalue weighted by Gasteiger charge is 2.23. The van der Waals surface area contributed by atoms with Crippen LogP contribution in [0.3, 0.4) is 0 Å². The van der Waals surface area contributed by atoms with E-state index in [0.29, 0.717) is 38.9 Å². The van der Waals surface area contributed by atoms with Crippen molar-refractivity contribution in [3.8, 4) is 5.75 Å². The van der Waals surface area contributed by atoms with Crippen LogP contribution in [-0.4, -0.2) is 68.3 Å². The van der Waals surface area contributed by atoms with Gasteiger partial charge in [-0.15, -0.1) is 0 Å². The number of aliphatic hydroxyl groups excluding tert-OH is 1. The van der Waals surface area contributed by atoms with Crippen molar-refractivity contribution in [2.45, 2.75) is 33.0 Å². The number of hydrogen-bond acceptors (Lipinski definition) is 5. The molecule has 1 aromatic rings. The molecule has 2 atom stereocenters. The van der Waals surface area contributed by atoms with Crippen LogP contribution in [0.4, 0.5) is 0 Å². The topological polar surface area (TPSA) is 51.2 Å². The molecule has 1 N–H and O–H groups in total. The summed E-state index contributed by atoms with van der Waals surface area (Å²) in [5.74, 6) is 1.39. The second-order valence-corrected chi connectivity index (χ2v) is 6.91. The van der Waals surface area contributed by atoms with Gasteiger partial charge < -0.3 is 19.3 Å². The van der Waals surface area contributed by atoms with Crippen molar-refractivity contribution in [3.63, 3.8) is 0 Å². The molecule has 0 spiro atoms. The minimum atomic E-state index is -0.459. The van der Waals surface area contributed by atoms with Crippen molar-refractivity contribution >= 4 is 0 Å². The number of hydrogen-bond donors (Lipinski definition) is 1. The number of β-amino-alcohol motifs (C(OH)–C–C–N with tert-alkyl or cyclic N) is 1. The molecule has 0 aliphatic carbocycles. The van der Waals surface area contributed by atoms with Crippen LogP contribution in [0, 0.1) is 12.8 Å². The normalized spacial score (nSPS) is 20.3. The molecule has 0 amide bonds. The zero-order chi connectivity index (χ0) is 17.4. The summed E-state index contributed by atoms with van der Waals surface area (Å²) in [6.07, 6.45) is -0.429. The van der Waals surface area contributed by atoms with Gasteiger partial charge in [-0.2, -0.15) is 0 Å². The Morgan fingerprint density at radius 3 is 2.83 bits per heavy atom. The first kappa shape index (κ1) is 19.2. The number of ether oxygens (including phenoxy) is 3. The van der Waals surface area contributed by atoms with E-state index >= 15 is 0 Å². The van der Waals surface area contributed by atoms with Gasteiger partial charge in [0.2, 0.25) is 0 Å². The smallest absolute Gasteiger partial charge is 0.122 e. The highest BCUT2D eigenvalue weighted by atomic mass is 16.5. The maximum absolute atomic E-state index is 10.1. The molecule has 2 rings (SSSR count). The number of aryl methyl sites for hydroxylation is 1. The molecule has 1 fully saturated rings. The van der Waals surface area contributed by atoms with Crippen molar-refractivity contribution < 1.29 is 19.3 Å². The van der Waals surface area contributed by atoms with Crippen molar-refractivity contribution in [1.82, 2.24) is 4.90 Å². The lowest BCUT2D eigenvalue weighted by Crippen LogP contribution is -2.48. The first-order chi connectivity index (χ1) is 11.5. The van der Waals surface area contributed by atoms with Gasteiger partial charge in [0.1, 0.15) is 18.5 Å². The molecule has 0 aromatic heterocycles. The molecule has 1 aliphatic heterocycles. The number of nitrogens with zero attached hydrogens (tertiary/aromatic N) is 1. The van der Waals surface area contributed by atoms with Crippen LogP contribution in [0.25, 0.3) is 0 Å². The molecule has 5 heteroatoms. The van der Waals surface area contributed by atoms with Gasteiger partial charge in [0.25, 0.3) is 0 Å². The largest absolute Gasteiger partial charge is 0.491 e. The molecular weight excluding hydrogens is 306 g/mol. The van der Waals surface area contributed by atoms with E-state index in [1.165, 1.54) is 0 Å². The molecule has 2 unspecified atom stereocenters. The Bertz CT molecular complexity index is 480. The zero-order valence-electron chi connectivity index (χ0n) is 15.1. The first-order valence-electron chi connectivity index (χ1n) is 8.82. The predicted octanol–water partition coefficient (Wildman–Crippen LogP) is 2.11. The number of aliphatic hydroxyl groups is 1. The average Bonchev–Trinajstić information content (AvgIpc) is 2.54. The fraction of sp³-hybridized carbons (Fsp3) is 0.684. The molecule has 136 valence electrons. The molecule has 0 saturated carbocycles. The van der Waals surface area contributed by atoms with Gasteiger partial charge in [-0.1, -0.05) is 32.0 Å². The number of para-hydroxylation sites is 1. The highest BCUT2D eigenvalue weighted by Crippen LogP contribution is 2.17. The second kappa shape index (κ2) is 9.99. The Labute approximate surface area is 145 Å². The lowest BCUT2D eigenvalue weighted by atomic mass is 10.2. The Hall–Kier alpha value is -1.14. The van der Waals surface area contributed by atoms with E-state index in [1.54, 1.807) is 0 Å². The van der Waals surface area contributed by atoms with Crippen LogP contribution in [0.15, 0.2) is 24.3 Å². The van der Waals surface area contributed by atoms with Crippen molar-refractivity contribution in [2.75, 3.05) is 46.1 Å². The summed E-state index contributed by atoms with van der Waals surface area (Å²) >= 11 is 0. The van der Waals surface area contributed by atoms with Gasteiger partial charge in [-0.3, -0.25) is 4.90 Å². The SMILES string of the molecule is Cc1ccccc1OCC1CN(CC(O)COCC(C)C)CCO1. The molecule has 24 heavy (non-hydrogen) atoms. The van der Waals surface area contributed by atoms with E-state index in [1.807, 2.05) is 31.2 Å². The standard InChI is InChI=1S/C19H31NO4/c1-15(2)12-22-13-17(21)10-20-8-9-23-18(11-20)14-24-19-7-5-4-6-16(19)3/h4-7,15,17-18,21H,8-14H2,1-3H3. The first-order valence-corrected chi connectivity index (χ1v) is 8.82. The van der Waals surface area contributed by atoms with E-state index in [4.69, 9.17) is 14.2 Å². The fourth-order valence-corrected chi connectivity index (χ4v) is 2.74. The second-order valence-electron chi connectivity index (χ2n) is 6.91. The Morgan fingerprint density at radius 2 is 2.08 bits per heavy atom. The molecule has 1 heterocycles. The van der Waals surface area contributed by atoms with Gasteiger partial charge in [0.15, 0.2) is 0 Å². The van der Waals surface area contributed by atoms with E-state index in [-0.39, 0.29) is 6.10 Å². The lowest BCUT2D eigenvalue weighted by molar-refractivity contribution is -0.0654. The Kier molecular flexibility index (Phi) is 7.99. The average molecular weight is 337 g/mol. The molecule has 0 radical (unpaired) electrons. The third kappa shape index (κ3) is 6.77. The van der Waals surface area contributed by atoms with E-state index in [0.717, 1.165) is 24.4 Å². The summed E-state index contributed by atoms with van der Waals surface area (Å²) in [5, 5.41) is 10.1. The quantitative estimate of drug-likeness (QED) is 0.748. The van der Waals surface area contributed by atoms with Crippen molar-refractivity contribution in [3.05, 3.63) is 29.8 Å². The van der Waals surface area contributed by atoms with E-state index < -0.39 is 6.10 Å². The summed E-state index contributed by atoms with van der Waals surface area (Å²) in [6, 6.07) is 8.00. The van der Waals surface area contributed by atoms with Crippen LogP contribution in [0.2, 0.25) is 0 Å². The van der Waals surface area contributed by atoms with Crippen LogP contribution >= 0.6 is 0 Å². The maximum Gasteiger partial charge on any atom is 0.122 e. The van der Waals surface area contributed by atoms with Gasteiger partial charge in [0, 0.05) is 26.2 Å². The zero-order valence-corrected chi connectivity index (χ0v) is 15.1. The van der Waals surface area contributed by atoms with Gasteiger partial charge in [0.05, 0.1) is 19.3 Å². The van der Waals surface area contributed by atoms with E-state index in [2.05, 4.69) is 18.7 Å². The summed E-state index contributed by atoms with van der Waals surface area (Å²) in [6.45, 7) is 10.7. The van der Waals surface area contributed by atoms with Crippen molar-refractivity contribution in [1.29, 1.82) is 0 Å². The monoisotopic (exact) mass is 337 g/mol. The minimum absolute atomic E-state index is 0.0298.